The quantitative estimate of drug-likeness (QED) is 0.890. The summed E-state index contributed by atoms with van der Waals surface area (Å²) < 4.78 is 3.22. The lowest BCUT2D eigenvalue weighted by Crippen LogP contribution is -2.07. The zero-order chi connectivity index (χ0) is 11.0. The molecule has 15 heavy (non-hydrogen) atoms. The number of aromatic nitrogens is 1. The molecule has 3 heteroatoms. The minimum atomic E-state index is -0.295. The highest BCUT2D eigenvalue weighted by molar-refractivity contribution is 9.10. The van der Waals surface area contributed by atoms with Crippen LogP contribution in [0.4, 0.5) is 0 Å². The Morgan fingerprint density at radius 1 is 1.40 bits per heavy atom. The van der Waals surface area contributed by atoms with Crippen LogP contribution in [0.5, 0.6) is 0 Å². The molecule has 0 saturated heterocycles. The van der Waals surface area contributed by atoms with Gasteiger partial charge in [0.1, 0.15) is 0 Å². The van der Waals surface area contributed by atoms with E-state index in [2.05, 4.69) is 38.7 Å². The first-order valence-corrected chi connectivity index (χ1v) is 5.79. The van der Waals surface area contributed by atoms with Crippen LogP contribution in [0.25, 0.3) is 10.9 Å². The number of benzene rings is 1. The maximum atomic E-state index is 9.39. The molecule has 0 fully saturated rings. The molecule has 1 aromatic carbocycles. The molecule has 0 radical (unpaired) electrons. The van der Waals surface area contributed by atoms with E-state index in [1.807, 2.05) is 20.0 Å². The number of aliphatic hydroxyl groups is 1. The third kappa shape index (κ3) is 2.08. The summed E-state index contributed by atoms with van der Waals surface area (Å²) >= 11 is 3.46. The van der Waals surface area contributed by atoms with Gasteiger partial charge in [0.05, 0.1) is 6.10 Å². The molecule has 80 valence electrons. The zero-order valence-corrected chi connectivity index (χ0v) is 10.5. The predicted octanol–water partition coefficient (Wildman–Crippen LogP) is 2.86. The molecule has 0 aliphatic rings. The number of rotatable bonds is 2. The molecular weight excluding hydrogens is 254 g/mol. The molecule has 2 rings (SSSR count). The maximum absolute atomic E-state index is 9.39. The fraction of sp³-hybridized carbons (Fsp3) is 0.333. The molecule has 1 aromatic heterocycles. The summed E-state index contributed by atoms with van der Waals surface area (Å²) in [4.78, 5) is 0. The monoisotopic (exact) mass is 267 g/mol. The molecule has 1 atom stereocenters. The molecule has 0 aliphatic heterocycles. The molecular formula is C12H14BrNO. The van der Waals surface area contributed by atoms with Gasteiger partial charge in [0, 0.05) is 34.5 Å². The van der Waals surface area contributed by atoms with E-state index in [9.17, 15) is 5.11 Å². The van der Waals surface area contributed by atoms with Gasteiger partial charge in [-0.3, -0.25) is 0 Å². The van der Waals surface area contributed by atoms with Gasteiger partial charge >= 0.3 is 0 Å². The Morgan fingerprint density at radius 2 is 2.13 bits per heavy atom. The van der Waals surface area contributed by atoms with Crippen LogP contribution in [0.2, 0.25) is 0 Å². The second-order valence-corrected chi connectivity index (χ2v) is 4.87. The highest BCUT2D eigenvalue weighted by atomic mass is 79.9. The van der Waals surface area contributed by atoms with Gasteiger partial charge in [-0.05, 0) is 31.2 Å². The molecule has 2 aromatic rings. The Hall–Kier alpha value is -0.800. The van der Waals surface area contributed by atoms with Gasteiger partial charge < -0.3 is 9.67 Å². The third-order valence-corrected chi connectivity index (χ3v) is 3.10. The van der Waals surface area contributed by atoms with Crippen molar-refractivity contribution in [3.05, 3.63) is 34.4 Å². The Balaban J connectivity index is 2.54. The summed E-state index contributed by atoms with van der Waals surface area (Å²) in [5, 5.41) is 10.6. The van der Waals surface area contributed by atoms with Crippen molar-refractivity contribution in [3.63, 3.8) is 0 Å². The van der Waals surface area contributed by atoms with Crippen LogP contribution >= 0.6 is 15.9 Å². The van der Waals surface area contributed by atoms with Crippen LogP contribution in [-0.4, -0.2) is 15.8 Å². The number of halogens is 1. The number of nitrogens with zero attached hydrogens (tertiary/aromatic N) is 1. The van der Waals surface area contributed by atoms with Crippen molar-refractivity contribution in [2.75, 3.05) is 0 Å². The SMILES string of the molecule is CC(O)Cc1cc2cc(Br)ccc2n1C. The number of aliphatic hydroxyl groups excluding tert-OH is 1. The largest absolute Gasteiger partial charge is 0.393 e. The Kier molecular flexibility index (Phi) is 2.85. The van der Waals surface area contributed by atoms with E-state index in [4.69, 9.17) is 0 Å². The van der Waals surface area contributed by atoms with Crippen molar-refractivity contribution in [1.82, 2.24) is 4.57 Å². The van der Waals surface area contributed by atoms with Gasteiger partial charge in [0.25, 0.3) is 0 Å². The van der Waals surface area contributed by atoms with E-state index in [0.717, 1.165) is 10.2 Å². The van der Waals surface area contributed by atoms with Crippen LogP contribution in [-0.2, 0) is 13.5 Å². The van der Waals surface area contributed by atoms with Crippen molar-refractivity contribution in [2.24, 2.45) is 7.05 Å². The molecule has 0 amide bonds. The summed E-state index contributed by atoms with van der Waals surface area (Å²) in [6.07, 6.45) is 0.402. The number of fused-ring (bicyclic) bond motifs is 1. The number of hydrogen-bond acceptors (Lipinski definition) is 1. The van der Waals surface area contributed by atoms with E-state index in [1.54, 1.807) is 0 Å². The van der Waals surface area contributed by atoms with Gasteiger partial charge in [-0.25, -0.2) is 0 Å². The van der Waals surface area contributed by atoms with Gasteiger partial charge in [-0.1, -0.05) is 15.9 Å². The van der Waals surface area contributed by atoms with Gasteiger partial charge in [0.15, 0.2) is 0 Å². The normalized spacial score (nSPS) is 13.3. The first-order chi connectivity index (χ1) is 7.08. The average molecular weight is 268 g/mol. The predicted molar refractivity (Wildman–Crippen MR) is 66.0 cm³/mol. The third-order valence-electron chi connectivity index (χ3n) is 2.61. The summed E-state index contributed by atoms with van der Waals surface area (Å²) in [6.45, 7) is 1.81. The summed E-state index contributed by atoms with van der Waals surface area (Å²) in [5.74, 6) is 0. The molecule has 1 heterocycles. The summed E-state index contributed by atoms with van der Waals surface area (Å²) in [5.41, 5.74) is 2.37. The maximum Gasteiger partial charge on any atom is 0.0566 e. The van der Waals surface area contributed by atoms with E-state index in [1.165, 1.54) is 10.9 Å². The molecule has 0 bridgehead atoms. The minimum Gasteiger partial charge on any atom is -0.393 e. The number of aryl methyl sites for hydroxylation is 1. The average Bonchev–Trinajstić information content (AvgIpc) is 2.42. The molecule has 0 aliphatic carbocycles. The van der Waals surface area contributed by atoms with Crippen molar-refractivity contribution in [1.29, 1.82) is 0 Å². The second kappa shape index (κ2) is 3.99. The van der Waals surface area contributed by atoms with Crippen molar-refractivity contribution >= 4 is 26.8 Å². The lowest BCUT2D eigenvalue weighted by Gasteiger charge is -2.05. The van der Waals surface area contributed by atoms with E-state index in [0.29, 0.717) is 6.42 Å². The standard InChI is InChI=1S/C12H14BrNO/c1-8(15)5-11-7-9-6-10(13)3-4-12(9)14(11)2/h3-4,6-8,15H,5H2,1-2H3. The van der Waals surface area contributed by atoms with E-state index < -0.39 is 0 Å². The minimum absolute atomic E-state index is 0.295. The lowest BCUT2D eigenvalue weighted by molar-refractivity contribution is 0.193. The van der Waals surface area contributed by atoms with E-state index >= 15 is 0 Å². The molecule has 0 spiro atoms. The van der Waals surface area contributed by atoms with Crippen LogP contribution in [0, 0.1) is 0 Å². The van der Waals surface area contributed by atoms with Crippen molar-refractivity contribution in [2.45, 2.75) is 19.4 Å². The number of hydrogen-bond donors (Lipinski definition) is 1. The Morgan fingerprint density at radius 3 is 2.80 bits per heavy atom. The molecule has 1 unspecified atom stereocenters. The lowest BCUT2D eigenvalue weighted by atomic mass is 10.2. The van der Waals surface area contributed by atoms with Gasteiger partial charge in [-0.15, -0.1) is 0 Å². The van der Waals surface area contributed by atoms with Crippen LogP contribution in [0.1, 0.15) is 12.6 Å². The fourth-order valence-electron chi connectivity index (χ4n) is 1.88. The van der Waals surface area contributed by atoms with Crippen LogP contribution < -0.4 is 0 Å². The molecule has 1 N–H and O–H groups in total. The highest BCUT2D eigenvalue weighted by Crippen LogP contribution is 2.23. The van der Waals surface area contributed by atoms with Gasteiger partial charge in [0.2, 0.25) is 0 Å². The van der Waals surface area contributed by atoms with Gasteiger partial charge in [-0.2, -0.15) is 0 Å². The fourth-order valence-corrected chi connectivity index (χ4v) is 2.25. The van der Waals surface area contributed by atoms with Crippen molar-refractivity contribution in [3.8, 4) is 0 Å². The summed E-state index contributed by atoms with van der Waals surface area (Å²) in [6, 6.07) is 8.35. The summed E-state index contributed by atoms with van der Waals surface area (Å²) in [7, 11) is 2.04. The molecule has 2 nitrogen and oxygen atoms in total. The first kappa shape index (κ1) is 10.7. The Labute approximate surface area is 97.7 Å². The smallest absolute Gasteiger partial charge is 0.0566 e. The highest BCUT2D eigenvalue weighted by Gasteiger charge is 2.07. The topological polar surface area (TPSA) is 25.2 Å². The van der Waals surface area contributed by atoms with Crippen molar-refractivity contribution < 1.29 is 5.11 Å². The van der Waals surface area contributed by atoms with Crippen LogP contribution in [0.3, 0.4) is 0 Å². The zero-order valence-electron chi connectivity index (χ0n) is 8.87. The Bertz CT molecular complexity index is 488. The second-order valence-electron chi connectivity index (χ2n) is 3.95. The van der Waals surface area contributed by atoms with E-state index in [-0.39, 0.29) is 6.10 Å². The first-order valence-electron chi connectivity index (χ1n) is 5.00. The van der Waals surface area contributed by atoms with Crippen LogP contribution in [0.15, 0.2) is 28.7 Å². The molecule has 0 saturated carbocycles.